The minimum atomic E-state index is -4.88. The second-order valence-corrected chi connectivity index (χ2v) is 5.08. The summed E-state index contributed by atoms with van der Waals surface area (Å²) in [6.45, 7) is 0. The fourth-order valence-corrected chi connectivity index (χ4v) is 2.20. The molecule has 3 nitrogen and oxygen atoms in total. The summed E-state index contributed by atoms with van der Waals surface area (Å²) in [5.74, 6) is -1.63. The van der Waals surface area contributed by atoms with Gasteiger partial charge in [0.25, 0.3) is 0 Å². The molecule has 0 amide bonds. The van der Waals surface area contributed by atoms with Crippen LogP contribution in [0.4, 0.5) is 26.3 Å². The van der Waals surface area contributed by atoms with Crippen LogP contribution >= 0.6 is 0 Å². The lowest BCUT2D eigenvalue weighted by Gasteiger charge is -2.11. The number of aromatic nitrogens is 3. The predicted octanol–water partition coefficient (Wildman–Crippen LogP) is 4.97. The standard InChI is InChI=1S/C16H9F6N3/c17-15(18,19)11-7-4-8-12(9-11)25-14(16(20,21)22)23-13(24-25)10-5-2-1-3-6-10/h1-9H. The Labute approximate surface area is 137 Å². The lowest BCUT2D eigenvalue weighted by molar-refractivity contribution is -0.146. The highest BCUT2D eigenvalue weighted by atomic mass is 19.4. The zero-order valence-electron chi connectivity index (χ0n) is 12.3. The SMILES string of the molecule is FC(F)(F)c1cccc(-n2nc(-c3ccccc3)nc2C(F)(F)F)c1. The molecule has 0 aliphatic heterocycles. The molecule has 0 fully saturated rings. The van der Waals surface area contributed by atoms with Crippen LogP contribution in [0.25, 0.3) is 17.1 Å². The van der Waals surface area contributed by atoms with E-state index in [1.807, 2.05) is 0 Å². The molecule has 0 bridgehead atoms. The Balaban J connectivity index is 2.17. The van der Waals surface area contributed by atoms with Gasteiger partial charge in [-0.05, 0) is 18.2 Å². The van der Waals surface area contributed by atoms with E-state index < -0.39 is 23.7 Å². The number of benzene rings is 2. The quantitative estimate of drug-likeness (QED) is 0.606. The van der Waals surface area contributed by atoms with Gasteiger partial charge in [-0.3, -0.25) is 0 Å². The second kappa shape index (κ2) is 5.91. The van der Waals surface area contributed by atoms with Crippen LogP contribution in [0.2, 0.25) is 0 Å². The first-order valence-electron chi connectivity index (χ1n) is 6.93. The molecule has 9 heteroatoms. The average Bonchev–Trinajstić information content (AvgIpc) is 3.01. The molecular formula is C16H9F6N3. The van der Waals surface area contributed by atoms with Gasteiger partial charge in [0.05, 0.1) is 11.3 Å². The predicted molar refractivity (Wildman–Crippen MR) is 76.8 cm³/mol. The lowest BCUT2D eigenvalue weighted by Crippen LogP contribution is -2.15. The molecule has 2 aromatic carbocycles. The normalized spacial score (nSPS) is 12.4. The first-order valence-corrected chi connectivity index (χ1v) is 6.93. The highest BCUT2D eigenvalue weighted by Gasteiger charge is 2.39. The molecule has 25 heavy (non-hydrogen) atoms. The van der Waals surface area contributed by atoms with E-state index in [1.54, 1.807) is 18.2 Å². The van der Waals surface area contributed by atoms with Crippen molar-refractivity contribution in [3.05, 3.63) is 66.0 Å². The molecule has 0 radical (unpaired) electrons. The van der Waals surface area contributed by atoms with Crippen molar-refractivity contribution >= 4 is 0 Å². The van der Waals surface area contributed by atoms with Crippen molar-refractivity contribution in [2.45, 2.75) is 12.4 Å². The highest BCUT2D eigenvalue weighted by Crippen LogP contribution is 2.34. The molecule has 3 aromatic rings. The molecule has 0 aliphatic rings. The van der Waals surface area contributed by atoms with Gasteiger partial charge in [0.2, 0.25) is 5.82 Å². The third-order valence-electron chi connectivity index (χ3n) is 3.31. The maximum atomic E-state index is 13.3. The zero-order chi connectivity index (χ0) is 18.2. The molecule has 3 rings (SSSR count). The van der Waals surface area contributed by atoms with E-state index in [9.17, 15) is 26.3 Å². The van der Waals surface area contributed by atoms with Gasteiger partial charge in [0.1, 0.15) is 0 Å². The number of rotatable bonds is 2. The number of alkyl halides is 6. The molecule has 130 valence electrons. The van der Waals surface area contributed by atoms with E-state index >= 15 is 0 Å². The minimum absolute atomic E-state index is 0.231. The summed E-state index contributed by atoms with van der Waals surface area (Å²) in [6, 6.07) is 11.3. The van der Waals surface area contributed by atoms with Gasteiger partial charge in [-0.1, -0.05) is 36.4 Å². The largest absolute Gasteiger partial charge is 0.451 e. The average molecular weight is 357 g/mol. The van der Waals surface area contributed by atoms with E-state index in [2.05, 4.69) is 10.1 Å². The van der Waals surface area contributed by atoms with Crippen molar-refractivity contribution in [3.8, 4) is 17.1 Å². The first-order chi connectivity index (χ1) is 11.7. The Morgan fingerprint density at radius 2 is 1.44 bits per heavy atom. The summed E-state index contributed by atoms with van der Waals surface area (Å²) in [6.07, 6.45) is -9.56. The zero-order valence-corrected chi connectivity index (χ0v) is 12.3. The molecule has 0 spiro atoms. The molecule has 0 saturated heterocycles. The van der Waals surface area contributed by atoms with Crippen LogP contribution in [0.1, 0.15) is 11.4 Å². The Kier molecular flexibility index (Phi) is 4.02. The molecule has 1 heterocycles. The lowest BCUT2D eigenvalue weighted by atomic mass is 10.2. The Bertz CT molecular complexity index is 881. The number of nitrogens with zero attached hydrogens (tertiary/aromatic N) is 3. The van der Waals surface area contributed by atoms with Gasteiger partial charge >= 0.3 is 12.4 Å². The molecule has 0 saturated carbocycles. The summed E-state index contributed by atoms with van der Waals surface area (Å²) in [5, 5.41) is 3.76. The smallest absolute Gasteiger partial charge is 0.209 e. The van der Waals surface area contributed by atoms with Gasteiger partial charge in [0.15, 0.2) is 5.82 Å². The van der Waals surface area contributed by atoms with Crippen molar-refractivity contribution in [2.24, 2.45) is 0 Å². The fraction of sp³-hybridized carbons (Fsp3) is 0.125. The van der Waals surface area contributed by atoms with Crippen LogP contribution in [0.15, 0.2) is 54.6 Å². The number of halogens is 6. The van der Waals surface area contributed by atoms with E-state index in [-0.39, 0.29) is 11.5 Å². The van der Waals surface area contributed by atoms with Crippen LogP contribution in [-0.2, 0) is 12.4 Å². The van der Waals surface area contributed by atoms with Crippen LogP contribution in [0, 0.1) is 0 Å². The van der Waals surface area contributed by atoms with Gasteiger partial charge < -0.3 is 0 Å². The summed E-state index contributed by atoms with van der Waals surface area (Å²) in [5.41, 5.74) is -1.13. The topological polar surface area (TPSA) is 30.7 Å². The fourth-order valence-electron chi connectivity index (χ4n) is 2.20. The molecular weight excluding hydrogens is 348 g/mol. The molecule has 1 aromatic heterocycles. The van der Waals surface area contributed by atoms with E-state index in [0.717, 1.165) is 18.2 Å². The van der Waals surface area contributed by atoms with Crippen molar-refractivity contribution in [1.82, 2.24) is 14.8 Å². The Hall–Kier alpha value is -2.84. The molecule has 0 unspecified atom stereocenters. The highest BCUT2D eigenvalue weighted by molar-refractivity contribution is 5.55. The van der Waals surface area contributed by atoms with Crippen LogP contribution in [0.5, 0.6) is 0 Å². The Morgan fingerprint density at radius 1 is 0.760 bits per heavy atom. The monoisotopic (exact) mass is 357 g/mol. The Morgan fingerprint density at radius 3 is 2.04 bits per heavy atom. The maximum absolute atomic E-state index is 13.3. The summed E-state index contributed by atoms with van der Waals surface area (Å²) >= 11 is 0. The van der Waals surface area contributed by atoms with Gasteiger partial charge in [0, 0.05) is 5.56 Å². The molecule has 0 aliphatic carbocycles. The molecule has 0 atom stereocenters. The van der Waals surface area contributed by atoms with Crippen LogP contribution < -0.4 is 0 Å². The maximum Gasteiger partial charge on any atom is 0.451 e. The van der Waals surface area contributed by atoms with Gasteiger partial charge in [-0.2, -0.15) is 26.3 Å². The van der Waals surface area contributed by atoms with E-state index in [0.29, 0.717) is 16.3 Å². The van der Waals surface area contributed by atoms with Gasteiger partial charge in [-0.15, -0.1) is 5.10 Å². The molecule has 0 N–H and O–H groups in total. The third kappa shape index (κ3) is 3.49. The first kappa shape index (κ1) is 17.0. The van der Waals surface area contributed by atoms with Crippen LogP contribution in [0.3, 0.4) is 0 Å². The van der Waals surface area contributed by atoms with Crippen LogP contribution in [-0.4, -0.2) is 14.8 Å². The van der Waals surface area contributed by atoms with E-state index in [1.165, 1.54) is 12.1 Å². The van der Waals surface area contributed by atoms with Crippen molar-refractivity contribution < 1.29 is 26.3 Å². The third-order valence-corrected chi connectivity index (χ3v) is 3.31. The minimum Gasteiger partial charge on any atom is -0.209 e. The summed E-state index contributed by atoms with van der Waals surface area (Å²) in [4.78, 5) is 3.47. The summed E-state index contributed by atoms with van der Waals surface area (Å²) in [7, 11) is 0. The van der Waals surface area contributed by atoms with E-state index in [4.69, 9.17) is 0 Å². The van der Waals surface area contributed by atoms with Crippen molar-refractivity contribution in [1.29, 1.82) is 0 Å². The number of hydrogen-bond acceptors (Lipinski definition) is 2. The summed E-state index contributed by atoms with van der Waals surface area (Å²) < 4.78 is 78.6. The number of hydrogen-bond donors (Lipinski definition) is 0. The van der Waals surface area contributed by atoms with Crippen molar-refractivity contribution in [2.75, 3.05) is 0 Å². The van der Waals surface area contributed by atoms with Crippen molar-refractivity contribution in [3.63, 3.8) is 0 Å². The second-order valence-electron chi connectivity index (χ2n) is 5.08. The van der Waals surface area contributed by atoms with Gasteiger partial charge in [-0.25, -0.2) is 9.67 Å².